The second-order valence-electron chi connectivity index (χ2n) is 5.44. The molecule has 1 heterocycles. The van der Waals surface area contributed by atoms with Crippen molar-refractivity contribution in [3.63, 3.8) is 0 Å². The number of rotatable bonds is 10. The van der Waals surface area contributed by atoms with Gasteiger partial charge < -0.3 is 20.3 Å². The van der Waals surface area contributed by atoms with Crippen molar-refractivity contribution >= 4 is 35.8 Å². The van der Waals surface area contributed by atoms with Gasteiger partial charge in [-0.3, -0.25) is 0 Å². The first kappa shape index (κ1) is 22.9. The SMILES string of the molecule is CCNC(=NCc1ccnc(N(C)C)c1)NCCCCOCC.I. The molecule has 0 bridgehead atoms. The van der Waals surface area contributed by atoms with Gasteiger partial charge in [0.05, 0.1) is 6.54 Å². The number of guanidine groups is 1. The van der Waals surface area contributed by atoms with Crippen molar-refractivity contribution in [2.75, 3.05) is 45.3 Å². The first-order valence-corrected chi connectivity index (χ1v) is 8.39. The van der Waals surface area contributed by atoms with Crippen molar-refractivity contribution in [2.24, 2.45) is 4.99 Å². The van der Waals surface area contributed by atoms with E-state index in [2.05, 4.69) is 33.6 Å². The lowest BCUT2D eigenvalue weighted by Crippen LogP contribution is -2.37. The Labute approximate surface area is 163 Å². The van der Waals surface area contributed by atoms with Crippen molar-refractivity contribution in [2.45, 2.75) is 33.2 Å². The molecule has 24 heavy (non-hydrogen) atoms. The fourth-order valence-corrected chi connectivity index (χ4v) is 2.00. The van der Waals surface area contributed by atoms with E-state index in [0.717, 1.165) is 56.5 Å². The average Bonchev–Trinajstić information content (AvgIpc) is 2.56. The van der Waals surface area contributed by atoms with Crippen LogP contribution in [0, 0.1) is 0 Å². The smallest absolute Gasteiger partial charge is 0.191 e. The monoisotopic (exact) mass is 449 g/mol. The lowest BCUT2D eigenvalue weighted by molar-refractivity contribution is 0.143. The Bertz CT molecular complexity index is 468. The van der Waals surface area contributed by atoms with E-state index in [4.69, 9.17) is 4.74 Å². The quantitative estimate of drug-likeness (QED) is 0.249. The highest BCUT2D eigenvalue weighted by molar-refractivity contribution is 14.0. The lowest BCUT2D eigenvalue weighted by atomic mass is 10.2. The highest BCUT2D eigenvalue weighted by Gasteiger charge is 2.00. The van der Waals surface area contributed by atoms with Crippen LogP contribution in [0.15, 0.2) is 23.3 Å². The van der Waals surface area contributed by atoms with Gasteiger partial charge in [-0.1, -0.05) is 0 Å². The van der Waals surface area contributed by atoms with E-state index in [1.807, 2.05) is 38.2 Å². The van der Waals surface area contributed by atoms with E-state index in [9.17, 15) is 0 Å². The molecule has 0 aromatic carbocycles. The van der Waals surface area contributed by atoms with Gasteiger partial charge in [-0.25, -0.2) is 9.98 Å². The van der Waals surface area contributed by atoms with Crippen molar-refractivity contribution in [3.05, 3.63) is 23.9 Å². The molecule has 0 aliphatic carbocycles. The number of halogens is 1. The minimum atomic E-state index is 0. The fraction of sp³-hybridized carbons (Fsp3) is 0.647. The standard InChI is InChI=1S/C17H31N5O.HI/c1-5-18-17(20-10-7-8-12-23-6-2)21-14-15-9-11-19-16(13-15)22(3)4;/h9,11,13H,5-8,10,12,14H2,1-4H3,(H2,18,20,21);1H. The fourth-order valence-electron chi connectivity index (χ4n) is 2.00. The van der Waals surface area contributed by atoms with E-state index < -0.39 is 0 Å². The Morgan fingerprint density at radius 2 is 2.04 bits per heavy atom. The Hall–Kier alpha value is -1.09. The molecule has 0 unspecified atom stereocenters. The molecule has 0 spiro atoms. The number of hydrogen-bond acceptors (Lipinski definition) is 4. The van der Waals surface area contributed by atoms with Gasteiger partial charge in [-0.15, -0.1) is 24.0 Å². The summed E-state index contributed by atoms with van der Waals surface area (Å²) in [5.41, 5.74) is 1.15. The number of nitrogens with zero attached hydrogens (tertiary/aromatic N) is 3. The van der Waals surface area contributed by atoms with E-state index >= 15 is 0 Å². The summed E-state index contributed by atoms with van der Waals surface area (Å²) in [7, 11) is 3.98. The summed E-state index contributed by atoms with van der Waals surface area (Å²) >= 11 is 0. The third-order valence-electron chi connectivity index (χ3n) is 3.24. The predicted molar refractivity (Wildman–Crippen MR) is 113 cm³/mol. The molecule has 1 aromatic heterocycles. The maximum atomic E-state index is 5.34. The summed E-state index contributed by atoms with van der Waals surface area (Å²) in [4.78, 5) is 11.0. The van der Waals surface area contributed by atoms with E-state index in [0.29, 0.717) is 6.54 Å². The molecule has 0 radical (unpaired) electrons. The summed E-state index contributed by atoms with van der Waals surface area (Å²) in [6.45, 7) is 8.10. The summed E-state index contributed by atoms with van der Waals surface area (Å²) in [6.07, 6.45) is 3.97. The molecule has 0 amide bonds. The maximum absolute atomic E-state index is 5.34. The molecular formula is C17H32IN5O. The van der Waals surface area contributed by atoms with Crippen molar-refractivity contribution in [3.8, 4) is 0 Å². The van der Waals surface area contributed by atoms with Crippen LogP contribution in [0.4, 0.5) is 5.82 Å². The summed E-state index contributed by atoms with van der Waals surface area (Å²) in [5.74, 6) is 1.80. The molecule has 0 atom stereocenters. The predicted octanol–water partition coefficient (Wildman–Crippen LogP) is 2.64. The van der Waals surface area contributed by atoms with Crippen LogP contribution in [-0.4, -0.2) is 51.3 Å². The third-order valence-corrected chi connectivity index (χ3v) is 3.24. The zero-order valence-electron chi connectivity index (χ0n) is 15.3. The minimum Gasteiger partial charge on any atom is -0.382 e. The van der Waals surface area contributed by atoms with Crippen molar-refractivity contribution in [1.29, 1.82) is 0 Å². The molecule has 2 N–H and O–H groups in total. The molecule has 0 saturated heterocycles. The van der Waals surface area contributed by atoms with Gasteiger partial charge in [0.15, 0.2) is 5.96 Å². The van der Waals surface area contributed by atoms with Crippen LogP contribution in [-0.2, 0) is 11.3 Å². The summed E-state index contributed by atoms with van der Waals surface area (Å²) in [5, 5.41) is 6.64. The number of aromatic nitrogens is 1. The van der Waals surface area contributed by atoms with Gasteiger partial charge in [0, 0.05) is 46.6 Å². The van der Waals surface area contributed by atoms with E-state index in [1.165, 1.54) is 0 Å². The lowest BCUT2D eigenvalue weighted by Gasteiger charge is -2.13. The largest absolute Gasteiger partial charge is 0.382 e. The topological polar surface area (TPSA) is 61.8 Å². The number of hydrogen-bond donors (Lipinski definition) is 2. The highest BCUT2D eigenvalue weighted by atomic mass is 127. The molecule has 0 aliphatic heterocycles. The second kappa shape index (κ2) is 14.3. The molecule has 6 nitrogen and oxygen atoms in total. The highest BCUT2D eigenvalue weighted by Crippen LogP contribution is 2.10. The van der Waals surface area contributed by atoms with Crippen LogP contribution in [0.1, 0.15) is 32.3 Å². The molecule has 7 heteroatoms. The normalized spacial score (nSPS) is 10.9. The first-order chi connectivity index (χ1) is 11.2. The van der Waals surface area contributed by atoms with Gasteiger partial charge in [0.2, 0.25) is 0 Å². The van der Waals surface area contributed by atoms with Gasteiger partial charge in [0.1, 0.15) is 5.82 Å². The Morgan fingerprint density at radius 1 is 1.25 bits per heavy atom. The number of unbranched alkanes of at least 4 members (excludes halogenated alkanes) is 1. The molecule has 138 valence electrons. The average molecular weight is 449 g/mol. The Balaban J connectivity index is 0.00000529. The Morgan fingerprint density at radius 3 is 2.71 bits per heavy atom. The van der Waals surface area contributed by atoms with Crippen LogP contribution >= 0.6 is 24.0 Å². The zero-order chi connectivity index (χ0) is 16.9. The number of nitrogens with one attached hydrogen (secondary N) is 2. The summed E-state index contributed by atoms with van der Waals surface area (Å²) < 4.78 is 5.34. The number of ether oxygens (including phenoxy) is 1. The van der Waals surface area contributed by atoms with E-state index in [1.54, 1.807) is 0 Å². The van der Waals surface area contributed by atoms with Gasteiger partial charge >= 0.3 is 0 Å². The second-order valence-corrected chi connectivity index (χ2v) is 5.44. The van der Waals surface area contributed by atoms with Crippen LogP contribution in [0.25, 0.3) is 0 Å². The minimum absolute atomic E-state index is 0. The molecule has 1 aromatic rings. The van der Waals surface area contributed by atoms with Gasteiger partial charge in [-0.2, -0.15) is 0 Å². The van der Waals surface area contributed by atoms with Crippen molar-refractivity contribution < 1.29 is 4.74 Å². The molecule has 0 fully saturated rings. The molecule has 0 saturated carbocycles. The molecule has 1 rings (SSSR count). The molecular weight excluding hydrogens is 417 g/mol. The number of pyridine rings is 1. The third kappa shape index (κ3) is 9.92. The van der Waals surface area contributed by atoms with Crippen LogP contribution in [0.5, 0.6) is 0 Å². The number of aliphatic imine (C=N–C) groups is 1. The van der Waals surface area contributed by atoms with Crippen LogP contribution in [0.2, 0.25) is 0 Å². The number of anilines is 1. The van der Waals surface area contributed by atoms with Crippen molar-refractivity contribution in [1.82, 2.24) is 15.6 Å². The van der Waals surface area contributed by atoms with Gasteiger partial charge in [-0.05, 0) is 44.4 Å². The zero-order valence-corrected chi connectivity index (χ0v) is 17.7. The van der Waals surface area contributed by atoms with Crippen LogP contribution < -0.4 is 15.5 Å². The van der Waals surface area contributed by atoms with E-state index in [-0.39, 0.29) is 24.0 Å². The first-order valence-electron chi connectivity index (χ1n) is 8.39. The summed E-state index contributed by atoms with van der Waals surface area (Å²) in [6, 6.07) is 4.07. The maximum Gasteiger partial charge on any atom is 0.191 e. The Kier molecular flexibility index (Phi) is 13.6. The van der Waals surface area contributed by atoms with Crippen LogP contribution in [0.3, 0.4) is 0 Å². The van der Waals surface area contributed by atoms with Gasteiger partial charge in [0.25, 0.3) is 0 Å². The molecule has 0 aliphatic rings.